The fourth-order valence-corrected chi connectivity index (χ4v) is 2.52. The Morgan fingerprint density at radius 3 is 2.55 bits per heavy atom. The Morgan fingerprint density at radius 2 is 1.86 bits per heavy atom. The number of anilines is 1. The summed E-state index contributed by atoms with van der Waals surface area (Å²) in [4.78, 5) is 23.7. The van der Waals surface area contributed by atoms with Crippen molar-refractivity contribution in [1.82, 2.24) is 0 Å². The predicted octanol–water partition coefficient (Wildman–Crippen LogP) is 2.99. The zero-order valence-corrected chi connectivity index (χ0v) is 11.4. The van der Waals surface area contributed by atoms with Gasteiger partial charge in [0.1, 0.15) is 11.4 Å². The molecule has 3 rings (SSSR count). The van der Waals surface area contributed by atoms with Gasteiger partial charge in [0, 0.05) is 5.56 Å². The third kappa shape index (κ3) is 2.35. The van der Waals surface area contributed by atoms with Crippen molar-refractivity contribution in [3.63, 3.8) is 0 Å². The Labute approximate surface area is 125 Å². The van der Waals surface area contributed by atoms with Crippen LogP contribution in [0.25, 0.3) is 5.57 Å². The van der Waals surface area contributed by atoms with E-state index < -0.39 is 16.6 Å². The van der Waals surface area contributed by atoms with Gasteiger partial charge in [-0.3, -0.25) is 14.9 Å². The van der Waals surface area contributed by atoms with E-state index in [0.29, 0.717) is 6.20 Å². The summed E-state index contributed by atoms with van der Waals surface area (Å²) in [6.45, 7) is 0.155. The number of nitrogens with zero attached hydrogens (tertiary/aromatic N) is 2. The van der Waals surface area contributed by atoms with Crippen LogP contribution in [0, 0.1) is 15.9 Å². The number of halogens is 1. The second kappa shape index (κ2) is 5.40. The first-order valence-corrected chi connectivity index (χ1v) is 6.58. The number of hydrogen-bond acceptors (Lipinski definition) is 3. The van der Waals surface area contributed by atoms with Crippen molar-refractivity contribution in [3.05, 3.63) is 81.8 Å². The van der Waals surface area contributed by atoms with E-state index >= 15 is 0 Å². The molecule has 0 bridgehead atoms. The summed E-state index contributed by atoms with van der Waals surface area (Å²) in [6.07, 6.45) is 0.631. The smallest absolute Gasteiger partial charge is 0.265 e. The minimum Gasteiger partial charge on any atom is -0.300 e. The maximum atomic E-state index is 14.1. The van der Waals surface area contributed by atoms with Gasteiger partial charge < -0.3 is 4.90 Å². The van der Waals surface area contributed by atoms with E-state index in [9.17, 15) is 19.3 Å². The molecule has 1 aliphatic rings. The largest absolute Gasteiger partial charge is 0.300 e. The minimum atomic E-state index is -0.700. The van der Waals surface area contributed by atoms with Gasteiger partial charge in [-0.2, -0.15) is 0 Å². The van der Waals surface area contributed by atoms with Crippen LogP contribution in [0.1, 0.15) is 11.1 Å². The molecule has 1 amide bonds. The SMILES string of the molecule is O=C1/C(=C/[N+](=O)[O-])c2cccc(F)c2N1Cc1ccccc1. The van der Waals surface area contributed by atoms with Gasteiger partial charge in [0.2, 0.25) is 6.20 Å². The Kier molecular flexibility index (Phi) is 3.42. The van der Waals surface area contributed by atoms with Crippen LogP contribution >= 0.6 is 0 Å². The molecule has 0 saturated carbocycles. The number of carbonyl (C=O) groups excluding carboxylic acids is 1. The molecule has 0 radical (unpaired) electrons. The molecule has 0 spiro atoms. The molecule has 1 aliphatic heterocycles. The van der Waals surface area contributed by atoms with Crippen LogP contribution in [-0.2, 0) is 11.3 Å². The molecule has 0 aliphatic carbocycles. The van der Waals surface area contributed by atoms with Crippen molar-refractivity contribution >= 4 is 17.2 Å². The number of amides is 1. The van der Waals surface area contributed by atoms with Crippen molar-refractivity contribution in [2.45, 2.75) is 6.54 Å². The molecule has 5 nitrogen and oxygen atoms in total. The van der Waals surface area contributed by atoms with Crippen LogP contribution in [0.4, 0.5) is 10.1 Å². The lowest BCUT2D eigenvalue weighted by molar-refractivity contribution is -0.401. The van der Waals surface area contributed by atoms with E-state index in [2.05, 4.69) is 0 Å². The molecule has 1 heterocycles. The molecule has 2 aromatic rings. The number of nitro groups is 1. The third-order valence-corrected chi connectivity index (χ3v) is 3.44. The Balaban J connectivity index is 2.09. The Hall–Kier alpha value is -3.02. The number of para-hydroxylation sites is 1. The number of carbonyl (C=O) groups is 1. The van der Waals surface area contributed by atoms with Crippen molar-refractivity contribution in [2.75, 3.05) is 4.90 Å². The molecule has 6 heteroatoms. The number of fused-ring (bicyclic) bond motifs is 1. The summed E-state index contributed by atoms with van der Waals surface area (Å²) in [5.74, 6) is -1.14. The minimum absolute atomic E-state index is 0.0875. The predicted molar refractivity (Wildman–Crippen MR) is 79.0 cm³/mol. The van der Waals surface area contributed by atoms with Crippen molar-refractivity contribution < 1.29 is 14.1 Å². The van der Waals surface area contributed by atoms with Crippen LogP contribution in [0.3, 0.4) is 0 Å². The van der Waals surface area contributed by atoms with Gasteiger partial charge in [0.15, 0.2) is 0 Å². The van der Waals surface area contributed by atoms with Crippen LogP contribution < -0.4 is 4.90 Å². The van der Waals surface area contributed by atoms with Gasteiger partial charge in [0.05, 0.1) is 17.2 Å². The zero-order valence-electron chi connectivity index (χ0n) is 11.4. The molecule has 0 fully saturated rings. The summed E-state index contributed by atoms with van der Waals surface area (Å²) < 4.78 is 14.1. The first kappa shape index (κ1) is 13.9. The summed E-state index contributed by atoms with van der Waals surface area (Å²) in [5, 5.41) is 10.7. The summed E-state index contributed by atoms with van der Waals surface area (Å²) in [5.41, 5.74) is 1.05. The number of hydrogen-bond donors (Lipinski definition) is 0. The van der Waals surface area contributed by atoms with Crippen molar-refractivity contribution in [3.8, 4) is 0 Å². The highest BCUT2D eigenvalue weighted by atomic mass is 19.1. The summed E-state index contributed by atoms with van der Waals surface area (Å²) >= 11 is 0. The average Bonchev–Trinajstić information content (AvgIpc) is 2.75. The molecular formula is C16H11FN2O3. The molecule has 2 aromatic carbocycles. The summed E-state index contributed by atoms with van der Waals surface area (Å²) in [6, 6.07) is 13.3. The molecule has 0 saturated heterocycles. The van der Waals surface area contributed by atoms with Gasteiger partial charge in [-0.1, -0.05) is 42.5 Å². The van der Waals surface area contributed by atoms with E-state index in [4.69, 9.17) is 0 Å². The Morgan fingerprint density at radius 1 is 1.14 bits per heavy atom. The first-order valence-electron chi connectivity index (χ1n) is 6.58. The van der Waals surface area contributed by atoms with Gasteiger partial charge in [0.25, 0.3) is 5.91 Å². The topological polar surface area (TPSA) is 63.4 Å². The standard InChI is InChI=1S/C16H11FN2O3/c17-14-8-4-7-12-13(10-19(21)22)16(20)18(15(12)14)9-11-5-2-1-3-6-11/h1-8,10H,9H2/b13-10+. The van der Waals surface area contributed by atoms with Gasteiger partial charge in [-0.05, 0) is 11.6 Å². The van der Waals surface area contributed by atoms with E-state index in [-0.39, 0.29) is 23.4 Å². The molecule has 110 valence electrons. The fraction of sp³-hybridized carbons (Fsp3) is 0.0625. The lowest BCUT2D eigenvalue weighted by atomic mass is 10.1. The van der Waals surface area contributed by atoms with Gasteiger partial charge in [-0.25, -0.2) is 4.39 Å². The molecular weight excluding hydrogens is 287 g/mol. The molecule has 0 N–H and O–H groups in total. The maximum absolute atomic E-state index is 14.1. The summed E-state index contributed by atoms with van der Waals surface area (Å²) in [7, 11) is 0. The van der Waals surface area contributed by atoms with Gasteiger partial charge in [-0.15, -0.1) is 0 Å². The highest BCUT2D eigenvalue weighted by molar-refractivity contribution is 6.32. The number of rotatable bonds is 3. The van der Waals surface area contributed by atoms with E-state index in [1.54, 1.807) is 0 Å². The molecule has 22 heavy (non-hydrogen) atoms. The quantitative estimate of drug-likeness (QED) is 0.497. The van der Waals surface area contributed by atoms with Crippen molar-refractivity contribution in [1.29, 1.82) is 0 Å². The van der Waals surface area contributed by atoms with Gasteiger partial charge >= 0.3 is 0 Å². The monoisotopic (exact) mass is 298 g/mol. The lowest BCUT2D eigenvalue weighted by Gasteiger charge is -2.17. The Bertz CT molecular complexity index is 787. The first-order chi connectivity index (χ1) is 10.6. The fourth-order valence-electron chi connectivity index (χ4n) is 2.52. The lowest BCUT2D eigenvalue weighted by Crippen LogP contribution is -2.26. The van der Waals surface area contributed by atoms with Crippen LogP contribution in [0.5, 0.6) is 0 Å². The van der Waals surface area contributed by atoms with Crippen LogP contribution in [0.15, 0.2) is 54.7 Å². The number of benzene rings is 2. The highest BCUT2D eigenvalue weighted by Crippen LogP contribution is 2.39. The molecule has 0 atom stereocenters. The second-order valence-corrected chi connectivity index (χ2v) is 4.84. The average molecular weight is 298 g/mol. The van der Waals surface area contributed by atoms with Crippen LogP contribution in [0.2, 0.25) is 0 Å². The van der Waals surface area contributed by atoms with Crippen molar-refractivity contribution in [2.24, 2.45) is 0 Å². The van der Waals surface area contributed by atoms with E-state index in [1.807, 2.05) is 30.3 Å². The zero-order chi connectivity index (χ0) is 15.7. The third-order valence-electron chi connectivity index (χ3n) is 3.44. The van der Waals surface area contributed by atoms with Crippen LogP contribution in [-0.4, -0.2) is 10.8 Å². The van der Waals surface area contributed by atoms with E-state index in [1.165, 1.54) is 23.1 Å². The second-order valence-electron chi connectivity index (χ2n) is 4.84. The normalized spacial score (nSPS) is 15.2. The molecule has 0 aromatic heterocycles. The maximum Gasteiger partial charge on any atom is 0.265 e. The highest BCUT2D eigenvalue weighted by Gasteiger charge is 2.36. The van der Waals surface area contributed by atoms with E-state index in [0.717, 1.165) is 5.56 Å². The molecule has 0 unspecified atom stereocenters.